The molecule has 1 aromatic carbocycles. The summed E-state index contributed by atoms with van der Waals surface area (Å²) in [6, 6.07) is 4.28. The molecule has 0 bridgehead atoms. The summed E-state index contributed by atoms with van der Waals surface area (Å²) in [6.07, 6.45) is 0.0863. The van der Waals surface area contributed by atoms with Crippen LogP contribution in [0.5, 0.6) is 0 Å². The topological polar surface area (TPSA) is 134 Å². The van der Waals surface area contributed by atoms with Crippen LogP contribution in [0.25, 0.3) is 0 Å². The van der Waals surface area contributed by atoms with Gasteiger partial charge in [-0.2, -0.15) is 0 Å². The van der Waals surface area contributed by atoms with Gasteiger partial charge >= 0.3 is 11.9 Å². The minimum Gasteiger partial charge on any atom is -0.476 e. The standard InChI is InChI=1S/C14H13FN4O5/c1-2-9(12(20)16-8-6-4-3-5-7(8)15)19-11(14(23)24)10(13(21)22)17-18-19/h3-6,9H,2H2,1H3,(H,16,20)(H,21,22)(H,23,24). The monoisotopic (exact) mass is 336 g/mol. The van der Waals surface area contributed by atoms with E-state index in [9.17, 15) is 23.9 Å². The molecule has 1 heterocycles. The van der Waals surface area contributed by atoms with Crippen molar-refractivity contribution in [2.75, 3.05) is 5.32 Å². The number of rotatable bonds is 6. The van der Waals surface area contributed by atoms with Gasteiger partial charge in [0.1, 0.15) is 11.9 Å². The number of halogens is 1. The van der Waals surface area contributed by atoms with Crippen LogP contribution in [0.15, 0.2) is 24.3 Å². The van der Waals surface area contributed by atoms with Crippen molar-refractivity contribution in [2.24, 2.45) is 0 Å². The first kappa shape index (κ1) is 17.1. The Bertz CT molecular complexity index is 804. The molecule has 2 rings (SSSR count). The van der Waals surface area contributed by atoms with Gasteiger partial charge < -0.3 is 15.5 Å². The minimum atomic E-state index is -1.59. The fraction of sp³-hybridized carbons (Fsp3) is 0.214. The van der Waals surface area contributed by atoms with Crippen molar-refractivity contribution in [1.29, 1.82) is 0 Å². The molecule has 1 amide bonds. The largest absolute Gasteiger partial charge is 0.476 e. The molecule has 0 saturated heterocycles. The van der Waals surface area contributed by atoms with E-state index in [0.29, 0.717) is 4.68 Å². The summed E-state index contributed by atoms with van der Waals surface area (Å²) >= 11 is 0. The van der Waals surface area contributed by atoms with Crippen LogP contribution in [0.4, 0.5) is 10.1 Å². The van der Waals surface area contributed by atoms with Gasteiger partial charge in [-0.05, 0) is 18.6 Å². The molecule has 2 aromatic rings. The number of hydrogen-bond acceptors (Lipinski definition) is 5. The maximum atomic E-state index is 13.6. The lowest BCUT2D eigenvalue weighted by molar-refractivity contribution is -0.119. The first-order valence-corrected chi connectivity index (χ1v) is 6.84. The van der Waals surface area contributed by atoms with Crippen molar-refractivity contribution in [3.8, 4) is 0 Å². The van der Waals surface area contributed by atoms with Crippen molar-refractivity contribution in [2.45, 2.75) is 19.4 Å². The lowest BCUT2D eigenvalue weighted by atomic mass is 10.2. The molecule has 1 atom stereocenters. The van der Waals surface area contributed by atoms with E-state index in [2.05, 4.69) is 15.6 Å². The summed E-state index contributed by atoms with van der Waals surface area (Å²) in [5, 5.41) is 27.2. The molecule has 9 nitrogen and oxygen atoms in total. The zero-order valence-corrected chi connectivity index (χ0v) is 12.4. The molecule has 0 aliphatic heterocycles. The fourth-order valence-electron chi connectivity index (χ4n) is 2.10. The number of hydrogen-bond donors (Lipinski definition) is 3. The Kier molecular flexibility index (Phi) is 4.87. The smallest absolute Gasteiger partial charge is 0.359 e. The van der Waals surface area contributed by atoms with Crippen LogP contribution in [-0.4, -0.2) is 43.1 Å². The summed E-state index contributed by atoms with van der Waals surface area (Å²) < 4.78 is 14.3. The number of benzene rings is 1. The van der Waals surface area contributed by atoms with Crippen LogP contribution in [0.3, 0.4) is 0 Å². The van der Waals surface area contributed by atoms with Crippen molar-refractivity contribution in [3.63, 3.8) is 0 Å². The van der Waals surface area contributed by atoms with Crippen LogP contribution in [0.1, 0.15) is 40.4 Å². The Hall–Kier alpha value is -3.30. The highest BCUT2D eigenvalue weighted by Gasteiger charge is 2.31. The van der Waals surface area contributed by atoms with Gasteiger partial charge in [-0.3, -0.25) is 4.79 Å². The zero-order valence-electron chi connectivity index (χ0n) is 12.4. The van der Waals surface area contributed by atoms with Gasteiger partial charge in [0.25, 0.3) is 0 Å². The second-order valence-electron chi connectivity index (χ2n) is 4.73. The van der Waals surface area contributed by atoms with Crippen molar-refractivity contribution < 1.29 is 29.0 Å². The molecular formula is C14H13FN4O5. The van der Waals surface area contributed by atoms with Gasteiger partial charge in [-0.1, -0.05) is 24.3 Å². The summed E-state index contributed by atoms with van der Waals surface area (Å²) in [7, 11) is 0. The van der Waals surface area contributed by atoms with E-state index in [1.165, 1.54) is 18.2 Å². The molecule has 24 heavy (non-hydrogen) atoms. The quantitative estimate of drug-likeness (QED) is 0.725. The van der Waals surface area contributed by atoms with E-state index >= 15 is 0 Å². The average molecular weight is 336 g/mol. The van der Waals surface area contributed by atoms with Gasteiger partial charge in [0.05, 0.1) is 5.69 Å². The van der Waals surface area contributed by atoms with Crippen molar-refractivity contribution in [3.05, 3.63) is 41.5 Å². The number of para-hydroxylation sites is 1. The van der Waals surface area contributed by atoms with Crippen LogP contribution >= 0.6 is 0 Å². The summed E-state index contributed by atoms with van der Waals surface area (Å²) in [6.45, 7) is 1.57. The lowest BCUT2D eigenvalue weighted by Crippen LogP contribution is -2.29. The number of carboxylic acid groups (broad SMARTS) is 2. The Morgan fingerprint density at radius 2 is 1.92 bits per heavy atom. The third-order valence-electron chi connectivity index (χ3n) is 3.22. The number of anilines is 1. The third-order valence-corrected chi connectivity index (χ3v) is 3.22. The number of amides is 1. The number of carboxylic acids is 2. The van der Waals surface area contributed by atoms with E-state index in [1.807, 2.05) is 0 Å². The summed E-state index contributed by atoms with van der Waals surface area (Å²) in [5.74, 6) is -4.58. The van der Waals surface area contributed by atoms with E-state index < -0.39 is 41.1 Å². The van der Waals surface area contributed by atoms with E-state index in [0.717, 1.165) is 6.07 Å². The van der Waals surface area contributed by atoms with Crippen molar-refractivity contribution in [1.82, 2.24) is 15.0 Å². The maximum absolute atomic E-state index is 13.6. The van der Waals surface area contributed by atoms with Crippen LogP contribution in [0, 0.1) is 5.82 Å². The highest BCUT2D eigenvalue weighted by Crippen LogP contribution is 2.20. The molecular weight excluding hydrogens is 323 g/mol. The second kappa shape index (κ2) is 6.86. The molecule has 1 unspecified atom stereocenters. The molecule has 126 valence electrons. The summed E-state index contributed by atoms with van der Waals surface area (Å²) in [5.41, 5.74) is -1.59. The van der Waals surface area contributed by atoms with Crippen molar-refractivity contribution >= 4 is 23.5 Å². The predicted molar refractivity (Wildman–Crippen MR) is 78.3 cm³/mol. The third kappa shape index (κ3) is 3.21. The molecule has 0 fully saturated rings. The average Bonchev–Trinajstić information content (AvgIpc) is 2.95. The maximum Gasteiger partial charge on any atom is 0.359 e. The molecule has 0 radical (unpaired) electrons. The number of aromatic carboxylic acids is 2. The normalized spacial score (nSPS) is 11.8. The van der Waals surface area contributed by atoms with E-state index in [-0.39, 0.29) is 12.1 Å². The molecule has 0 spiro atoms. The first-order chi connectivity index (χ1) is 11.4. The number of aromatic nitrogens is 3. The lowest BCUT2D eigenvalue weighted by Gasteiger charge is -2.16. The van der Waals surface area contributed by atoms with E-state index in [1.54, 1.807) is 6.92 Å². The predicted octanol–water partition coefficient (Wildman–Crippen LogP) is 1.40. The van der Waals surface area contributed by atoms with Gasteiger partial charge in [0, 0.05) is 0 Å². The molecule has 10 heteroatoms. The number of carbonyl (C=O) groups is 3. The molecule has 3 N–H and O–H groups in total. The Labute approximate surface area is 134 Å². The fourth-order valence-corrected chi connectivity index (χ4v) is 2.10. The first-order valence-electron chi connectivity index (χ1n) is 6.84. The Morgan fingerprint density at radius 3 is 2.46 bits per heavy atom. The minimum absolute atomic E-state index is 0.0863. The zero-order chi connectivity index (χ0) is 17.9. The summed E-state index contributed by atoms with van der Waals surface area (Å²) in [4.78, 5) is 34.7. The number of nitrogens with zero attached hydrogens (tertiary/aromatic N) is 3. The van der Waals surface area contributed by atoms with Gasteiger partial charge in [0.15, 0.2) is 5.69 Å². The Balaban J connectivity index is 2.38. The molecule has 1 aromatic heterocycles. The van der Waals surface area contributed by atoms with Gasteiger partial charge in [-0.15, -0.1) is 5.10 Å². The second-order valence-corrected chi connectivity index (χ2v) is 4.73. The van der Waals surface area contributed by atoms with E-state index in [4.69, 9.17) is 5.11 Å². The highest BCUT2D eigenvalue weighted by atomic mass is 19.1. The number of nitrogens with one attached hydrogen (secondary N) is 1. The van der Waals surface area contributed by atoms with Crippen LogP contribution in [0.2, 0.25) is 0 Å². The Morgan fingerprint density at radius 1 is 1.25 bits per heavy atom. The van der Waals surface area contributed by atoms with Crippen LogP contribution < -0.4 is 5.32 Å². The SMILES string of the molecule is CCC(C(=O)Nc1ccccc1F)n1nnc(C(=O)O)c1C(=O)O. The van der Waals surface area contributed by atoms with Crippen LogP contribution in [-0.2, 0) is 4.79 Å². The van der Waals surface area contributed by atoms with Gasteiger partial charge in [0.2, 0.25) is 11.6 Å². The molecule has 0 saturated carbocycles. The van der Waals surface area contributed by atoms with Gasteiger partial charge in [-0.25, -0.2) is 18.7 Å². The molecule has 0 aliphatic rings. The number of carbonyl (C=O) groups excluding carboxylic acids is 1. The molecule has 0 aliphatic carbocycles. The highest BCUT2D eigenvalue weighted by molar-refractivity contribution is 6.00.